The highest BCUT2D eigenvalue weighted by Gasteiger charge is 2.32. The van der Waals surface area contributed by atoms with Gasteiger partial charge in [0, 0.05) is 24.2 Å². The minimum absolute atomic E-state index is 0.612. The van der Waals surface area contributed by atoms with Gasteiger partial charge < -0.3 is 10.1 Å². The van der Waals surface area contributed by atoms with Crippen molar-refractivity contribution in [1.29, 1.82) is 0 Å². The number of rotatable bonds is 0. The van der Waals surface area contributed by atoms with Gasteiger partial charge in [0.1, 0.15) is 0 Å². The third kappa shape index (κ3) is 1.20. The summed E-state index contributed by atoms with van der Waals surface area (Å²) >= 11 is 0. The Balaban J connectivity index is 2.04. The second kappa shape index (κ2) is 3.24. The molecule has 0 unspecified atom stereocenters. The van der Waals surface area contributed by atoms with Gasteiger partial charge >= 0.3 is 0 Å². The van der Waals surface area contributed by atoms with E-state index in [4.69, 9.17) is 4.74 Å². The molecule has 3 heteroatoms. The number of aromatic nitrogens is 1. The first kappa shape index (κ1) is 8.24. The Kier molecular flexibility index (Phi) is 1.91. The van der Waals surface area contributed by atoms with Gasteiger partial charge in [-0.3, -0.25) is 0 Å². The monoisotopic (exact) mass is 190 g/mol. The standard InChI is InChI=1S/C11H14N2O/c1-2-9-10-7-12-6-8(10)3-5-14-11(9)13-4-1/h1-2,4,8,10,12H,3,5-7H2/t8-,10-/m0/s1. The van der Waals surface area contributed by atoms with Crippen LogP contribution >= 0.6 is 0 Å². The van der Waals surface area contributed by atoms with Crippen LogP contribution in [-0.2, 0) is 0 Å². The highest BCUT2D eigenvalue weighted by atomic mass is 16.5. The maximum atomic E-state index is 5.65. The first-order valence-corrected chi connectivity index (χ1v) is 5.23. The third-order valence-corrected chi connectivity index (χ3v) is 3.27. The molecule has 0 amide bonds. The van der Waals surface area contributed by atoms with Crippen LogP contribution < -0.4 is 10.1 Å². The van der Waals surface area contributed by atoms with E-state index in [1.54, 1.807) is 0 Å². The smallest absolute Gasteiger partial charge is 0.216 e. The largest absolute Gasteiger partial charge is 0.477 e. The SMILES string of the molecule is c1cnc2c(c1)[C@H]1CNC[C@@H]1CCO2. The number of ether oxygens (including phenoxy) is 1. The second-order valence-electron chi connectivity index (χ2n) is 4.06. The van der Waals surface area contributed by atoms with Gasteiger partial charge in [-0.1, -0.05) is 6.07 Å². The average Bonchev–Trinajstić information content (AvgIpc) is 2.61. The third-order valence-electron chi connectivity index (χ3n) is 3.27. The van der Waals surface area contributed by atoms with Crippen LogP contribution in [0.2, 0.25) is 0 Å². The summed E-state index contributed by atoms with van der Waals surface area (Å²) in [5.74, 6) is 2.20. The van der Waals surface area contributed by atoms with E-state index in [9.17, 15) is 0 Å². The summed E-state index contributed by atoms with van der Waals surface area (Å²) < 4.78 is 5.65. The van der Waals surface area contributed by atoms with Crippen LogP contribution in [0.3, 0.4) is 0 Å². The summed E-state index contributed by atoms with van der Waals surface area (Å²) in [6, 6.07) is 4.15. The molecular formula is C11H14N2O. The molecular weight excluding hydrogens is 176 g/mol. The molecule has 1 aromatic heterocycles. The molecule has 1 aromatic rings. The van der Waals surface area contributed by atoms with Crippen molar-refractivity contribution in [1.82, 2.24) is 10.3 Å². The lowest BCUT2D eigenvalue weighted by atomic mass is 9.88. The van der Waals surface area contributed by atoms with E-state index in [2.05, 4.69) is 16.4 Å². The fourth-order valence-corrected chi connectivity index (χ4v) is 2.51. The van der Waals surface area contributed by atoms with Crippen LogP contribution in [0.15, 0.2) is 18.3 Å². The summed E-state index contributed by atoms with van der Waals surface area (Å²) in [7, 11) is 0. The minimum atomic E-state index is 0.612. The van der Waals surface area contributed by atoms with Crippen LogP contribution in [0.5, 0.6) is 5.88 Å². The molecule has 2 aliphatic heterocycles. The van der Waals surface area contributed by atoms with Crippen molar-refractivity contribution in [2.75, 3.05) is 19.7 Å². The van der Waals surface area contributed by atoms with E-state index in [0.29, 0.717) is 5.92 Å². The molecule has 0 aromatic carbocycles. The van der Waals surface area contributed by atoms with E-state index < -0.39 is 0 Å². The maximum absolute atomic E-state index is 5.65. The summed E-state index contributed by atoms with van der Waals surface area (Å²) in [5.41, 5.74) is 1.29. The molecule has 3 rings (SSSR count). The van der Waals surface area contributed by atoms with Crippen molar-refractivity contribution in [2.45, 2.75) is 12.3 Å². The topological polar surface area (TPSA) is 34.2 Å². The lowest BCUT2D eigenvalue weighted by Gasteiger charge is -2.14. The Hall–Kier alpha value is -1.09. The summed E-state index contributed by atoms with van der Waals surface area (Å²) in [6.45, 7) is 3.02. The number of fused-ring (bicyclic) bond motifs is 3. The van der Waals surface area contributed by atoms with Gasteiger partial charge in [-0.25, -0.2) is 4.98 Å². The summed E-state index contributed by atoms with van der Waals surface area (Å²) in [6.07, 6.45) is 2.95. The van der Waals surface area contributed by atoms with Crippen molar-refractivity contribution in [3.8, 4) is 5.88 Å². The fraction of sp³-hybridized carbons (Fsp3) is 0.545. The van der Waals surface area contributed by atoms with Crippen LogP contribution in [0.1, 0.15) is 17.9 Å². The first-order valence-electron chi connectivity index (χ1n) is 5.23. The Morgan fingerprint density at radius 3 is 3.43 bits per heavy atom. The van der Waals surface area contributed by atoms with Crippen LogP contribution in [0, 0.1) is 5.92 Å². The molecule has 1 fully saturated rings. The molecule has 1 N–H and O–H groups in total. The summed E-state index contributed by atoms with van der Waals surface area (Å²) in [4.78, 5) is 4.29. The number of nitrogens with zero attached hydrogens (tertiary/aromatic N) is 1. The highest BCUT2D eigenvalue weighted by molar-refractivity contribution is 5.32. The average molecular weight is 190 g/mol. The van der Waals surface area contributed by atoms with Crippen LogP contribution in [0.4, 0.5) is 0 Å². The van der Waals surface area contributed by atoms with Gasteiger partial charge in [-0.2, -0.15) is 0 Å². The number of pyridine rings is 1. The first-order chi connectivity index (χ1) is 6.95. The normalized spacial score (nSPS) is 30.0. The molecule has 2 aliphatic rings. The van der Waals surface area contributed by atoms with Crippen molar-refractivity contribution in [3.05, 3.63) is 23.9 Å². The number of nitrogens with one attached hydrogen (secondary N) is 1. The van der Waals surface area contributed by atoms with Crippen molar-refractivity contribution in [3.63, 3.8) is 0 Å². The van der Waals surface area contributed by atoms with Crippen molar-refractivity contribution in [2.24, 2.45) is 5.92 Å². The minimum Gasteiger partial charge on any atom is -0.477 e. The molecule has 3 nitrogen and oxygen atoms in total. The molecule has 0 radical (unpaired) electrons. The molecule has 2 atom stereocenters. The van der Waals surface area contributed by atoms with E-state index in [0.717, 1.165) is 37.9 Å². The Morgan fingerprint density at radius 1 is 1.43 bits per heavy atom. The Labute approximate surface area is 83.5 Å². The van der Waals surface area contributed by atoms with Gasteiger partial charge in [0.2, 0.25) is 5.88 Å². The van der Waals surface area contributed by atoms with Crippen molar-refractivity contribution >= 4 is 0 Å². The van der Waals surface area contributed by atoms with Crippen molar-refractivity contribution < 1.29 is 4.74 Å². The summed E-state index contributed by atoms with van der Waals surface area (Å²) in [5, 5.41) is 3.45. The van der Waals surface area contributed by atoms with Gasteiger partial charge in [0.25, 0.3) is 0 Å². The lowest BCUT2D eigenvalue weighted by Crippen LogP contribution is -2.11. The van der Waals surface area contributed by atoms with E-state index >= 15 is 0 Å². The molecule has 0 spiro atoms. The Bertz CT molecular complexity index is 340. The second-order valence-corrected chi connectivity index (χ2v) is 4.06. The predicted molar refractivity (Wildman–Crippen MR) is 53.4 cm³/mol. The zero-order valence-electron chi connectivity index (χ0n) is 8.07. The van der Waals surface area contributed by atoms with E-state index in [-0.39, 0.29) is 0 Å². The lowest BCUT2D eigenvalue weighted by molar-refractivity contribution is 0.287. The van der Waals surface area contributed by atoms with Crippen LogP contribution in [-0.4, -0.2) is 24.7 Å². The molecule has 0 bridgehead atoms. The number of hydrogen-bond donors (Lipinski definition) is 1. The number of hydrogen-bond acceptors (Lipinski definition) is 3. The van der Waals surface area contributed by atoms with Gasteiger partial charge in [-0.05, 0) is 24.9 Å². The predicted octanol–water partition coefficient (Wildman–Crippen LogP) is 1.17. The van der Waals surface area contributed by atoms with E-state index in [1.807, 2.05) is 12.3 Å². The molecule has 74 valence electrons. The molecule has 1 saturated heterocycles. The molecule has 0 saturated carbocycles. The Morgan fingerprint density at radius 2 is 2.43 bits per heavy atom. The van der Waals surface area contributed by atoms with Gasteiger partial charge in [0.05, 0.1) is 6.61 Å². The van der Waals surface area contributed by atoms with E-state index in [1.165, 1.54) is 5.56 Å². The molecule has 14 heavy (non-hydrogen) atoms. The fourth-order valence-electron chi connectivity index (χ4n) is 2.51. The van der Waals surface area contributed by atoms with Gasteiger partial charge in [-0.15, -0.1) is 0 Å². The quantitative estimate of drug-likeness (QED) is 0.666. The molecule has 0 aliphatic carbocycles. The maximum Gasteiger partial charge on any atom is 0.216 e. The van der Waals surface area contributed by atoms with Gasteiger partial charge in [0.15, 0.2) is 0 Å². The highest BCUT2D eigenvalue weighted by Crippen LogP contribution is 2.37. The molecule has 3 heterocycles. The zero-order chi connectivity index (χ0) is 9.38. The zero-order valence-corrected chi connectivity index (χ0v) is 8.07. The van der Waals surface area contributed by atoms with Crippen LogP contribution in [0.25, 0.3) is 0 Å².